The van der Waals surface area contributed by atoms with Crippen LogP contribution in [-0.2, 0) is 16.3 Å². The molecule has 50 heavy (non-hydrogen) atoms. The van der Waals surface area contributed by atoms with Crippen LogP contribution in [-0.4, -0.2) is 57.6 Å². The molecular weight excluding hydrogens is 654 g/mol. The van der Waals surface area contributed by atoms with Crippen LogP contribution in [0.4, 0.5) is 10.2 Å². The predicted octanol–water partition coefficient (Wildman–Crippen LogP) is 7.79. The Morgan fingerprint density at radius 2 is 1.64 bits per heavy atom. The van der Waals surface area contributed by atoms with Crippen LogP contribution in [0.3, 0.4) is 0 Å². The highest BCUT2D eigenvalue weighted by Gasteiger charge is 2.42. The molecule has 0 bridgehead atoms. The first-order chi connectivity index (χ1) is 24.0. The lowest BCUT2D eigenvalue weighted by atomic mass is 9.66. The first-order valence-corrected chi connectivity index (χ1v) is 22.4. The summed E-state index contributed by atoms with van der Waals surface area (Å²) in [6.07, 6.45) is 12.8. The molecule has 13 heteroatoms. The second-order valence-corrected chi connectivity index (χ2v) is 21.6. The van der Waals surface area contributed by atoms with Crippen molar-refractivity contribution in [2.75, 3.05) is 11.9 Å². The van der Waals surface area contributed by atoms with Crippen LogP contribution in [0.15, 0.2) is 16.8 Å². The van der Waals surface area contributed by atoms with E-state index in [-0.39, 0.29) is 29.3 Å². The lowest BCUT2D eigenvalue weighted by molar-refractivity contribution is -0.121. The Morgan fingerprint density at radius 3 is 2.24 bits per heavy atom. The smallest absolute Gasteiger partial charge is 0.276 e. The summed E-state index contributed by atoms with van der Waals surface area (Å²) < 4.78 is 28.5. The van der Waals surface area contributed by atoms with E-state index in [1.54, 1.807) is 16.8 Å². The van der Waals surface area contributed by atoms with E-state index in [4.69, 9.17) is 9.37 Å². The summed E-state index contributed by atoms with van der Waals surface area (Å²) in [5, 5.41) is 18.6. The van der Waals surface area contributed by atoms with Gasteiger partial charge in [0.1, 0.15) is 24.3 Å². The van der Waals surface area contributed by atoms with Gasteiger partial charge in [0.25, 0.3) is 5.91 Å². The third-order valence-electron chi connectivity index (χ3n) is 11.0. The summed E-state index contributed by atoms with van der Waals surface area (Å²) in [4.78, 5) is 32.4. The maximum atomic E-state index is 15.8. The molecule has 3 aliphatic rings. The van der Waals surface area contributed by atoms with Gasteiger partial charge in [0, 0.05) is 37.4 Å². The van der Waals surface area contributed by atoms with Crippen LogP contribution >= 0.6 is 0 Å². The summed E-state index contributed by atoms with van der Waals surface area (Å²) in [6, 6.07) is 3.47. The number of carbonyl (C=O) groups is 2. The zero-order chi connectivity index (χ0) is 35.4. The average Bonchev–Trinajstić information content (AvgIpc) is 3.74. The topological polar surface area (TPSA) is 137 Å². The second-order valence-electron chi connectivity index (χ2n) is 16.0. The van der Waals surface area contributed by atoms with Crippen molar-refractivity contribution in [3.05, 3.63) is 40.9 Å². The number of rotatable bonds is 14. The van der Waals surface area contributed by atoms with Crippen molar-refractivity contribution in [3.63, 3.8) is 0 Å². The Bertz CT molecular complexity index is 1620. The summed E-state index contributed by atoms with van der Waals surface area (Å²) in [7, 11) is -1.22. The van der Waals surface area contributed by atoms with E-state index in [9.17, 15) is 9.59 Å². The van der Waals surface area contributed by atoms with E-state index in [2.05, 4.69) is 50.7 Å². The van der Waals surface area contributed by atoms with E-state index in [0.717, 1.165) is 75.9 Å². The number of aromatic nitrogens is 5. The molecule has 2 N–H and O–H groups in total. The van der Waals surface area contributed by atoms with Gasteiger partial charge in [-0.25, -0.2) is 14.3 Å². The molecule has 3 aromatic rings. The number of nitrogens with zero attached hydrogens (tertiary/aromatic N) is 5. The number of pyridine rings is 1. The molecule has 0 radical (unpaired) electrons. The SMILES string of the molecule is Cc1nn(COCC[Si](C)(C)C)c(C)c1-c1ccc(NC(=O)C(NC(=O)c2nonc2C2CC2)C(C2CCCCC2)C2CCCCC2)nc1F. The largest absolute Gasteiger partial charge is 0.360 e. The van der Waals surface area contributed by atoms with Crippen LogP contribution in [0, 0.1) is 37.5 Å². The van der Waals surface area contributed by atoms with Crippen LogP contribution in [0.1, 0.15) is 111 Å². The maximum Gasteiger partial charge on any atom is 0.276 e. The van der Waals surface area contributed by atoms with Gasteiger partial charge in [0.05, 0.1) is 5.69 Å². The Kier molecular flexibility index (Phi) is 11.5. The molecule has 3 aliphatic carbocycles. The van der Waals surface area contributed by atoms with Crippen molar-refractivity contribution < 1.29 is 23.3 Å². The van der Waals surface area contributed by atoms with Crippen molar-refractivity contribution in [1.29, 1.82) is 0 Å². The number of amides is 2. The van der Waals surface area contributed by atoms with Crippen molar-refractivity contribution >= 4 is 25.7 Å². The van der Waals surface area contributed by atoms with Crippen LogP contribution < -0.4 is 10.6 Å². The molecule has 3 saturated carbocycles. The predicted molar refractivity (Wildman–Crippen MR) is 192 cm³/mol. The first kappa shape index (κ1) is 36.3. The highest BCUT2D eigenvalue weighted by Crippen LogP contribution is 2.43. The summed E-state index contributed by atoms with van der Waals surface area (Å²) >= 11 is 0. The number of halogens is 1. The Balaban J connectivity index is 1.24. The zero-order valence-electron chi connectivity index (χ0n) is 30.4. The van der Waals surface area contributed by atoms with Gasteiger partial charge in [-0.2, -0.15) is 9.49 Å². The van der Waals surface area contributed by atoms with E-state index in [1.165, 1.54) is 12.8 Å². The van der Waals surface area contributed by atoms with Gasteiger partial charge in [-0.3, -0.25) is 9.59 Å². The molecule has 0 aliphatic heterocycles. The molecule has 2 amide bonds. The number of carbonyl (C=O) groups excluding carboxylic acids is 2. The Morgan fingerprint density at radius 1 is 0.980 bits per heavy atom. The molecule has 3 aromatic heterocycles. The monoisotopic (exact) mass is 707 g/mol. The zero-order valence-corrected chi connectivity index (χ0v) is 31.4. The van der Waals surface area contributed by atoms with E-state index < -0.39 is 26.0 Å². The first-order valence-electron chi connectivity index (χ1n) is 18.7. The minimum atomic E-state index is -1.22. The molecule has 1 unspecified atom stereocenters. The molecule has 0 aromatic carbocycles. The molecule has 0 spiro atoms. The average molecular weight is 708 g/mol. The molecule has 272 valence electrons. The lowest BCUT2D eigenvalue weighted by Crippen LogP contribution is -2.53. The van der Waals surface area contributed by atoms with Gasteiger partial charge in [0.2, 0.25) is 11.9 Å². The molecule has 1 atom stereocenters. The number of ether oxygens (including phenoxy) is 1. The highest BCUT2D eigenvalue weighted by atomic mass is 28.3. The standard InChI is InChI=1S/C37H54FN7O4Si/c1-23-30(24(2)45(42-23)22-48-20-21-50(3,4)5)28-18-19-29(39-35(28)38)40-36(46)33(41-37(47)34-32(27-16-17-27)43-49-44-34)31(25-12-8-6-9-13-25)26-14-10-7-11-15-26/h18-19,25-27,31,33H,6-17,20-22H2,1-5H3,(H,41,47)(H,39,40,46). The normalized spacial score (nSPS) is 18.4. The number of anilines is 1. The van der Waals surface area contributed by atoms with E-state index >= 15 is 4.39 Å². The van der Waals surface area contributed by atoms with Crippen molar-refractivity contribution in [2.24, 2.45) is 17.8 Å². The van der Waals surface area contributed by atoms with Crippen LogP contribution in [0.5, 0.6) is 0 Å². The highest BCUT2D eigenvalue weighted by molar-refractivity contribution is 6.76. The fraction of sp³-hybridized carbons (Fsp3) is 0.676. The molecule has 11 nitrogen and oxygen atoms in total. The van der Waals surface area contributed by atoms with E-state index in [0.29, 0.717) is 47.7 Å². The fourth-order valence-corrected chi connectivity index (χ4v) is 8.88. The number of hydrogen-bond donors (Lipinski definition) is 2. The Labute approximate surface area is 295 Å². The maximum absolute atomic E-state index is 15.8. The van der Waals surface area contributed by atoms with Crippen LogP contribution in [0.25, 0.3) is 11.1 Å². The lowest BCUT2D eigenvalue weighted by Gasteiger charge is -2.41. The van der Waals surface area contributed by atoms with E-state index in [1.807, 2.05) is 13.8 Å². The summed E-state index contributed by atoms with van der Waals surface area (Å²) in [5.74, 6) is -0.740. The van der Waals surface area contributed by atoms with Crippen molar-refractivity contribution in [2.45, 2.75) is 135 Å². The van der Waals surface area contributed by atoms with Gasteiger partial charge in [0.15, 0.2) is 5.69 Å². The van der Waals surface area contributed by atoms with Gasteiger partial charge in [-0.1, -0.05) is 89.0 Å². The summed E-state index contributed by atoms with van der Waals surface area (Å²) in [5.41, 5.74) is 3.13. The third kappa shape index (κ3) is 8.70. The van der Waals surface area contributed by atoms with Crippen LogP contribution in [0.2, 0.25) is 25.7 Å². The second kappa shape index (κ2) is 15.8. The molecular formula is C37H54FN7O4Si. The number of nitrogens with one attached hydrogen (secondary N) is 2. The number of aryl methyl sites for hydroxylation is 1. The van der Waals surface area contributed by atoms with Crippen molar-refractivity contribution in [1.82, 2.24) is 30.4 Å². The molecule has 3 heterocycles. The quantitative estimate of drug-likeness (QED) is 0.0985. The number of hydrogen-bond acceptors (Lipinski definition) is 8. The molecule has 0 saturated heterocycles. The van der Waals surface area contributed by atoms with Gasteiger partial charge >= 0.3 is 0 Å². The van der Waals surface area contributed by atoms with Crippen molar-refractivity contribution in [3.8, 4) is 11.1 Å². The molecule has 6 rings (SSSR count). The van der Waals surface area contributed by atoms with Gasteiger partial charge in [-0.15, -0.1) is 0 Å². The minimum absolute atomic E-state index is 0.0583. The Hall–Kier alpha value is -3.45. The minimum Gasteiger partial charge on any atom is -0.360 e. The van der Waals surface area contributed by atoms with Gasteiger partial charge < -0.3 is 15.4 Å². The third-order valence-corrected chi connectivity index (χ3v) is 12.7. The summed E-state index contributed by atoms with van der Waals surface area (Å²) in [6.45, 7) is 11.6. The molecule has 3 fully saturated rings. The fourth-order valence-electron chi connectivity index (χ4n) is 8.13. The van der Waals surface area contributed by atoms with Gasteiger partial charge in [-0.05, 0) is 67.8 Å².